The molecule has 3 rings (SSSR count). The van der Waals surface area contributed by atoms with Gasteiger partial charge in [-0.2, -0.15) is 0 Å². The number of nitrogens with one attached hydrogen (secondary N) is 1. The third kappa shape index (κ3) is 4.54. The SMILES string of the molecule is CCOc1ccc(C(=O)Nc2ccc(Oc3ccccc3)cc2)nn1. The summed E-state index contributed by atoms with van der Waals surface area (Å²) >= 11 is 0. The highest BCUT2D eigenvalue weighted by Crippen LogP contribution is 2.22. The molecule has 3 aromatic rings. The number of nitrogens with zero attached hydrogens (tertiary/aromatic N) is 2. The molecule has 0 atom stereocenters. The van der Waals surface area contributed by atoms with E-state index in [4.69, 9.17) is 9.47 Å². The Kier molecular flexibility index (Phi) is 5.21. The summed E-state index contributed by atoms with van der Waals surface area (Å²) < 4.78 is 10.9. The minimum atomic E-state index is -0.340. The van der Waals surface area contributed by atoms with E-state index in [2.05, 4.69) is 15.5 Å². The van der Waals surface area contributed by atoms with Crippen molar-refractivity contribution in [2.45, 2.75) is 6.92 Å². The van der Waals surface area contributed by atoms with Crippen LogP contribution in [0, 0.1) is 0 Å². The van der Waals surface area contributed by atoms with Crippen LogP contribution in [0.3, 0.4) is 0 Å². The maximum atomic E-state index is 12.2. The van der Waals surface area contributed by atoms with Gasteiger partial charge in [0.05, 0.1) is 6.61 Å². The minimum absolute atomic E-state index is 0.216. The normalized spacial score (nSPS) is 10.1. The van der Waals surface area contributed by atoms with Gasteiger partial charge in [-0.25, -0.2) is 0 Å². The molecule has 0 radical (unpaired) electrons. The molecule has 1 heterocycles. The lowest BCUT2D eigenvalue weighted by Gasteiger charge is -2.08. The number of amides is 1. The molecule has 1 N–H and O–H groups in total. The molecular formula is C19H17N3O3. The highest BCUT2D eigenvalue weighted by molar-refractivity contribution is 6.02. The Morgan fingerprint density at radius 3 is 2.28 bits per heavy atom. The molecule has 0 aliphatic heterocycles. The maximum Gasteiger partial charge on any atom is 0.276 e. The molecule has 1 amide bonds. The topological polar surface area (TPSA) is 73.3 Å². The summed E-state index contributed by atoms with van der Waals surface area (Å²) in [5.41, 5.74) is 0.856. The number of hydrogen-bond acceptors (Lipinski definition) is 5. The van der Waals surface area contributed by atoms with E-state index < -0.39 is 0 Å². The molecule has 6 nitrogen and oxygen atoms in total. The van der Waals surface area contributed by atoms with E-state index in [0.717, 1.165) is 5.75 Å². The van der Waals surface area contributed by atoms with Crippen LogP contribution in [-0.4, -0.2) is 22.7 Å². The fraction of sp³-hybridized carbons (Fsp3) is 0.105. The van der Waals surface area contributed by atoms with Gasteiger partial charge in [-0.3, -0.25) is 4.79 Å². The number of carbonyl (C=O) groups is 1. The standard InChI is InChI=1S/C19H17N3O3/c1-2-24-18-13-12-17(21-22-18)19(23)20-14-8-10-16(11-9-14)25-15-6-4-3-5-7-15/h3-13H,2H2,1H3,(H,20,23). The summed E-state index contributed by atoms with van der Waals surface area (Å²) in [6, 6.07) is 19.8. The first kappa shape index (κ1) is 16.4. The van der Waals surface area contributed by atoms with Crippen molar-refractivity contribution < 1.29 is 14.3 Å². The van der Waals surface area contributed by atoms with Crippen molar-refractivity contribution in [2.75, 3.05) is 11.9 Å². The molecule has 0 aliphatic carbocycles. The van der Waals surface area contributed by atoms with Gasteiger partial charge in [0.25, 0.3) is 5.91 Å². The van der Waals surface area contributed by atoms with Crippen LogP contribution in [0.25, 0.3) is 0 Å². The predicted molar refractivity (Wildman–Crippen MR) is 94.1 cm³/mol. The smallest absolute Gasteiger partial charge is 0.276 e. The first-order chi connectivity index (χ1) is 12.2. The third-order valence-electron chi connectivity index (χ3n) is 3.26. The number of carbonyl (C=O) groups excluding carboxylic acids is 1. The lowest BCUT2D eigenvalue weighted by molar-refractivity contribution is 0.102. The molecule has 0 bridgehead atoms. The Hall–Kier alpha value is -3.41. The van der Waals surface area contributed by atoms with Crippen molar-refractivity contribution in [3.8, 4) is 17.4 Å². The summed E-state index contributed by atoms with van der Waals surface area (Å²) in [5.74, 6) is 1.49. The van der Waals surface area contributed by atoms with Crippen LogP contribution in [0.4, 0.5) is 5.69 Å². The van der Waals surface area contributed by atoms with Crippen LogP contribution in [-0.2, 0) is 0 Å². The molecule has 0 saturated heterocycles. The van der Waals surface area contributed by atoms with Crippen molar-refractivity contribution in [3.05, 3.63) is 72.4 Å². The van der Waals surface area contributed by atoms with Gasteiger partial charge in [0.2, 0.25) is 5.88 Å². The molecule has 2 aromatic carbocycles. The van der Waals surface area contributed by atoms with Crippen molar-refractivity contribution in [1.29, 1.82) is 0 Å². The van der Waals surface area contributed by atoms with Crippen LogP contribution in [0.2, 0.25) is 0 Å². The highest BCUT2D eigenvalue weighted by Gasteiger charge is 2.09. The van der Waals surface area contributed by atoms with Crippen molar-refractivity contribution >= 4 is 11.6 Å². The molecule has 6 heteroatoms. The Balaban J connectivity index is 1.61. The molecule has 0 saturated carbocycles. The summed E-state index contributed by atoms with van der Waals surface area (Å²) in [4.78, 5) is 12.2. The van der Waals surface area contributed by atoms with E-state index in [0.29, 0.717) is 23.9 Å². The zero-order valence-electron chi connectivity index (χ0n) is 13.7. The van der Waals surface area contributed by atoms with E-state index in [1.807, 2.05) is 37.3 Å². The third-order valence-corrected chi connectivity index (χ3v) is 3.26. The lowest BCUT2D eigenvalue weighted by atomic mass is 10.2. The lowest BCUT2D eigenvalue weighted by Crippen LogP contribution is -2.14. The van der Waals surface area contributed by atoms with Crippen molar-refractivity contribution in [2.24, 2.45) is 0 Å². The van der Waals surface area contributed by atoms with Crippen LogP contribution in [0.5, 0.6) is 17.4 Å². The Morgan fingerprint density at radius 1 is 0.920 bits per heavy atom. The van der Waals surface area contributed by atoms with E-state index in [1.54, 1.807) is 36.4 Å². The second kappa shape index (κ2) is 7.92. The van der Waals surface area contributed by atoms with Gasteiger partial charge >= 0.3 is 0 Å². The van der Waals surface area contributed by atoms with Crippen molar-refractivity contribution in [1.82, 2.24) is 10.2 Å². The highest BCUT2D eigenvalue weighted by atomic mass is 16.5. The summed E-state index contributed by atoms with van der Waals surface area (Å²) in [5, 5.41) is 10.5. The molecule has 0 spiro atoms. The van der Waals surface area contributed by atoms with Gasteiger partial charge in [-0.05, 0) is 49.4 Å². The fourth-order valence-electron chi connectivity index (χ4n) is 2.09. The van der Waals surface area contributed by atoms with Crippen LogP contribution in [0.15, 0.2) is 66.7 Å². The molecule has 0 unspecified atom stereocenters. The first-order valence-corrected chi connectivity index (χ1v) is 7.85. The van der Waals surface area contributed by atoms with E-state index in [9.17, 15) is 4.79 Å². The van der Waals surface area contributed by atoms with Crippen LogP contribution < -0.4 is 14.8 Å². The first-order valence-electron chi connectivity index (χ1n) is 7.85. The molecule has 0 fully saturated rings. The zero-order valence-corrected chi connectivity index (χ0v) is 13.7. The zero-order chi connectivity index (χ0) is 17.5. The largest absolute Gasteiger partial charge is 0.477 e. The van der Waals surface area contributed by atoms with Gasteiger partial charge in [0.1, 0.15) is 11.5 Å². The average molecular weight is 335 g/mol. The molecule has 0 aliphatic rings. The average Bonchev–Trinajstić information content (AvgIpc) is 2.65. The van der Waals surface area contributed by atoms with E-state index in [-0.39, 0.29) is 11.6 Å². The quantitative estimate of drug-likeness (QED) is 0.739. The van der Waals surface area contributed by atoms with Gasteiger partial charge in [-0.15, -0.1) is 10.2 Å². The van der Waals surface area contributed by atoms with Crippen LogP contribution >= 0.6 is 0 Å². The summed E-state index contributed by atoms with van der Waals surface area (Å²) in [6.07, 6.45) is 0. The summed E-state index contributed by atoms with van der Waals surface area (Å²) in [6.45, 7) is 2.35. The maximum absolute atomic E-state index is 12.2. The monoisotopic (exact) mass is 335 g/mol. The van der Waals surface area contributed by atoms with Gasteiger partial charge in [-0.1, -0.05) is 18.2 Å². The second-order valence-electron chi connectivity index (χ2n) is 5.08. The number of anilines is 1. The number of rotatable bonds is 6. The number of benzene rings is 2. The molecule has 1 aromatic heterocycles. The van der Waals surface area contributed by atoms with Crippen molar-refractivity contribution in [3.63, 3.8) is 0 Å². The van der Waals surface area contributed by atoms with Gasteiger partial charge in [0, 0.05) is 11.8 Å². The number of aromatic nitrogens is 2. The van der Waals surface area contributed by atoms with E-state index >= 15 is 0 Å². The fourth-order valence-corrected chi connectivity index (χ4v) is 2.09. The predicted octanol–water partition coefficient (Wildman–Crippen LogP) is 3.92. The van der Waals surface area contributed by atoms with E-state index in [1.165, 1.54) is 0 Å². The number of para-hydroxylation sites is 1. The Labute approximate surface area is 145 Å². The molecule has 25 heavy (non-hydrogen) atoms. The molecule has 126 valence electrons. The Bertz CT molecular complexity index is 819. The van der Waals surface area contributed by atoms with Gasteiger partial charge < -0.3 is 14.8 Å². The van der Waals surface area contributed by atoms with Gasteiger partial charge in [0.15, 0.2) is 5.69 Å². The second-order valence-corrected chi connectivity index (χ2v) is 5.08. The Morgan fingerprint density at radius 2 is 1.64 bits per heavy atom. The summed E-state index contributed by atoms with van der Waals surface area (Å²) in [7, 11) is 0. The minimum Gasteiger partial charge on any atom is -0.477 e. The number of hydrogen-bond donors (Lipinski definition) is 1. The van der Waals surface area contributed by atoms with Crippen LogP contribution in [0.1, 0.15) is 17.4 Å². The molecular weight excluding hydrogens is 318 g/mol. The number of ether oxygens (including phenoxy) is 2.